The number of anilines is 2. The minimum atomic E-state index is 0.455. The fourth-order valence-electron chi connectivity index (χ4n) is 5.08. The minimum absolute atomic E-state index is 0.455. The first-order valence-electron chi connectivity index (χ1n) is 10.5. The molecular weight excluding hydrogens is 306 g/mol. The summed E-state index contributed by atoms with van der Waals surface area (Å²) in [6.07, 6.45) is 13.9. The monoisotopic (exact) mass is 343 g/mol. The van der Waals surface area contributed by atoms with Crippen molar-refractivity contribution < 1.29 is 0 Å². The van der Waals surface area contributed by atoms with Crippen molar-refractivity contribution in [3.05, 3.63) is 24.3 Å². The van der Waals surface area contributed by atoms with Gasteiger partial charge in [-0.25, -0.2) is 0 Å². The molecule has 3 heteroatoms. The third-order valence-corrected chi connectivity index (χ3v) is 6.33. The molecule has 1 saturated carbocycles. The highest BCUT2D eigenvalue weighted by atomic mass is 15.2. The molecule has 0 unspecified atom stereocenters. The van der Waals surface area contributed by atoms with Gasteiger partial charge in [0.05, 0.1) is 11.4 Å². The molecule has 0 aromatic heterocycles. The Morgan fingerprint density at radius 2 is 1.72 bits per heavy atom. The lowest BCUT2D eigenvalue weighted by atomic mass is 9.94. The number of nitrogens with two attached hydrogens (primary N) is 1. The average Bonchev–Trinajstić information content (AvgIpc) is 2.90. The highest BCUT2D eigenvalue weighted by Crippen LogP contribution is 2.34. The first kappa shape index (κ1) is 18.6. The van der Waals surface area contributed by atoms with Crippen LogP contribution in [0.25, 0.3) is 0 Å². The number of nitrogens with one attached hydrogen (secondary N) is 1. The minimum Gasteiger partial charge on any atom is -0.397 e. The molecule has 1 aromatic rings. The van der Waals surface area contributed by atoms with E-state index in [9.17, 15) is 0 Å². The summed E-state index contributed by atoms with van der Waals surface area (Å²) in [5.74, 6) is 0. The number of likely N-dealkylation sites (tertiary alicyclic amines) is 1. The Hall–Kier alpha value is -1.22. The molecule has 25 heavy (non-hydrogen) atoms. The number of hydrogen-bond donors (Lipinski definition) is 2. The van der Waals surface area contributed by atoms with Gasteiger partial charge in [-0.15, -0.1) is 0 Å². The summed E-state index contributed by atoms with van der Waals surface area (Å²) in [5.41, 5.74) is 8.04. The van der Waals surface area contributed by atoms with Crippen LogP contribution < -0.4 is 11.1 Å². The number of nitrogen functional groups attached to an aromatic ring is 1. The van der Waals surface area contributed by atoms with Gasteiger partial charge in [0.1, 0.15) is 0 Å². The summed E-state index contributed by atoms with van der Waals surface area (Å²) in [5, 5.41) is 3.65. The molecule has 2 fully saturated rings. The molecule has 140 valence electrons. The summed E-state index contributed by atoms with van der Waals surface area (Å²) >= 11 is 0. The maximum absolute atomic E-state index is 6.10. The summed E-state index contributed by atoms with van der Waals surface area (Å²) in [6, 6.07) is 10.9. The SMILES string of the molecule is C[C@H](C[C@@H]1CC[C@H](C)N1C1CCCCCCC1)Nc1ccccc1N. The van der Waals surface area contributed by atoms with Gasteiger partial charge in [-0.3, -0.25) is 4.90 Å². The van der Waals surface area contributed by atoms with Crippen LogP contribution in [0.5, 0.6) is 0 Å². The lowest BCUT2D eigenvalue weighted by Gasteiger charge is -2.38. The van der Waals surface area contributed by atoms with E-state index in [1.807, 2.05) is 12.1 Å². The Kier molecular flexibility index (Phi) is 6.63. The molecule has 3 rings (SSSR count). The van der Waals surface area contributed by atoms with Gasteiger partial charge in [-0.1, -0.05) is 44.2 Å². The predicted octanol–water partition coefficient (Wildman–Crippen LogP) is 5.43. The molecule has 3 nitrogen and oxygen atoms in total. The van der Waals surface area contributed by atoms with E-state index in [4.69, 9.17) is 5.73 Å². The lowest BCUT2D eigenvalue weighted by molar-refractivity contribution is 0.107. The Balaban J connectivity index is 1.60. The third-order valence-electron chi connectivity index (χ3n) is 6.33. The number of nitrogens with zero attached hydrogens (tertiary/aromatic N) is 1. The van der Waals surface area contributed by atoms with Crippen molar-refractivity contribution >= 4 is 11.4 Å². The van der Waals surface area contributed by atoms with Crippen molar-refractivity contribution in [2.45, 2.75) is 102 Å². The Morgan fingerprint density at radius 3 is 2.44 bits per heavy atom. The van der Waals surface area contributed by atoms with Gasteiger partial charge < -0.3 is 11.1 Å². The molecule has 1 heterocycles. The molecule has 0 bridgehead atoms. The average molecular weight is 344 g/mol. The van der Waals surface area contributed by atoms with E-state index in [1.54, 1.807) is 0 Å². The predicted molar refractivity (Wildman–Crippen MR) is 109 cm³/mol. The van der Waals surface area contributed by atoms with Crippen molar-refractivity contribution in [2.24, 2.45) is 0 Å². The largest absolute Gasteiger partial charge is 0.397 e. The van der Waals surface area contributed by atoms with Crippen molar-refractivity contribution in [3.8, 4) is 0 Å². The molecule has 1 aliphatic carbocycles. The fourth-order valence-corrected chi connectivity index (χ4v) is 5.08. The van der Waals surface area contributed by atoms with Gasteiger partial charge in [0.15, 0.2) is 0 Å². The van der Waals surface area contributed by atoms with E-state index in [0.717, 1.165) is 29.5 Å². The molecule has 1 aromatic carbocycles. The van der Waals surface area contributed by atoms with E-state index in [1.165, 1.54) is 64.2 Å². The van der Waals surface area contributed by atoms with Crippen molar-refractivity contribution in [2.75, 3.05) is 11.1 Å². The lowest BCUT2D eigenvalue weighted by Crippen LogP contribution is -2.45. The second-order valence-corrected chi connectivity index (χ2v) is 8.39. The topological polar surface area (TPSA) is 41.3 Å². The van der Waals surface area contributed by atoms with Crippen LogP contribution >= 0.6 is 0 Å². The number of hydrogen-bond acceptors (Lipinski definition) is 3. The second-order valence-electron chi connectivity index (χ2n) is 8.39. The summed E-state index contributed by atoms with van der Waals surface area (Å²) < 4.78 is 0. The zero-order valence-electron chi connectivity index (χ0n) is 16.2. The Labute approximate surface area is 154 Å². The van der Waals surface area contributed by atoms with Crippen molar-refractivity contribution in [1.29, 1.82) is 0 Å². The van der Waals surface area contributed by atoms with Gasteiger partial charge in [-0.05, 0) is 58.1 Å². The highest BCUT2D eigenvalue weighted by Gasteiger charge is 2.36. The van der Waals surface area contributed by atoms with E-state index >= 15 is 0 Å². The van der Waals surface area contributed by atoms with Crippen LogP contribution in [0, 0.1) is 0 Å². The molecular formula is C22H37N3. The highest BCUT2D eigenvalue weighted by molar-refractivity contribution is 5.65. The molecule has 0 amide bonds. The molecule has 1 saturated heterocycles. The van der Waals surface area contributed by atoms with Gasteiger partial charge in [0.2, 0.25) is 0 Å². The number of rotatable bonds is 5. The maximum atomic E-state index is 6.10. The van der Waals surface area contributed by atoms with Crippen molar-refractivity contribution in [1.82, 2.24) is 4.90 Å². The van der Waals surface area contributed by atoms with Crippen LogP contribution in [0.1, 0.15) is 78.1 Å². The fraction of sp³-hybridized carbons (Fsp3) is 0.727. The van der Waals surface area contributed by atoms with Gasteiger partial charge in [0.25, 0.3) is 0 Å². The third kappa shape index (κ3) is 4.91. The van der Waals surface area contributed by atoms with Crippen LogP contribution in [0.15, 0.2) is 24.3 Å². The van der Waals surface area contributed by atoms with Gasteiger partial charge in [-0.2, -0.15) is 0 Å². The number of benzene rings is 1. The van der Waals surface area contributed by atoms with Gasteiger partial charge in [0, 0.05) is 24.2 Å². The van der Waals surface area contributed by atoms with E-state index in [-0.39, 0.29) is 0 Å². The van der Waals surface area contributed by atoms with Crippen molar-refractivity contribution in [3.63, 3.8) is 0 Å². The van der Waals surface area contributed by atoms with E-state index in [0.29, 0.717) is 6.04 Å². The van der Waals surface area contributed by atoms with Gasteiger partial charge >= 0.3 is 0 Å². The molecule has 0 spiro atoms. The Bertz CT molecular complexity index is 522. The van der Waals surface area contributed by atoms with E-state index in [2.05, 4.69) is 36.2 Å². The molecule has 3 atom stereocenters. The number of para-hydroxylation sites is 2. The van der Waals surface area contributed by atoms with E-state index < -0.39 is 0 Å². The standard InChI is InChI=1S/C22H37N3/c1-17(24-22-13-9-8-12-21(22)23)16-20-15-14-18(2)25(20)19-10-6-4-3-5-7-11-19/h8-9,12-13,17-20,24H,3-7,10-11,14-16,23H2,1-2H3/t17-,18+,20+/m1/s1. The molecule has 1 aliphatic heterocycles. The van der Waals surface area contributed by atoms with Crippen LogP contribution in [0.2, 0.25) is 0 Å². The summed E-state index contributed by atoms with van der Waals surface area (Å²) in [6.45, 7) is 4.76. The molecule has 2 aliphatic rings. The molecule has 3 N–H and O–H groups in total. The normalized spacial score (nSPS) is 27.6. The summed E-state index contributed by atoms with van der Waals surface area (Å²) in [4.78, 5) is 2.90. The second kappa shape index (κ2) is 8.93. The summed E-state index contributed by atoms with van der Waals surface area (Å²) in [7, 11) is 0. The quantitative estimate of drug-likeness (QED) is 0.701. The van der Waals surface area contributed by atoms with Crippen LogP contribution in [0.4, 0.5) is 11.4 Å². The smallest absolute Gasteiger partial charge is 0.0575 e. The first-order valence-corrected chi connectivity index (χ1v) is 10.5. The zero-order valence-corrected chi connectivity index (χ0v) is 16.2. The molecule has 0 radical (unpaired) electrons. The van der Waals surface area contributed by atoms with Crippen LogP contribution in [0.3, 0.4) is 0 Å². The zero-order chi connectivity index (χ0) is 17.6. The van der Waals surface area contributed by atoms with Crippen LogP contribution in [-0.4, -0.2) is 29.1 Å². The Morgan fingerprint density at radius 1 is 1.04 bits per heavy atom. The first-order chi connectivity index (χ1) is 12.1. The van der Waals surface area contributed by atoms with Crippen LogP contribution in [-0.2, 0) is 0 Å². The maximum Gasteiger partial charge on any atom is 0.0575 e.